The molecule has 0 unspecified atom stereocenters. The van der Waals surface area contributed by atoms with Crippen LogP contribution in [0.5, 0.6) is 0 Å². The van der Waals surface area contributed by atoms with Crippen LogP contribution in [0.3, 0.4) is 0 Å². The predicted octanol–water partition coefficient (Wildman–Crippen LogP) is 2.35. The molecular weight excluding hydrogens is 146 g/mol. The van der Waals surface area contributed by atoms with Gasteiger partial charge in [-0.2, -0.15) is 0 Å². The van der Waals surface area contributed by atoms with Crippen LogP contribution in [0.2, 0.25) is 0 Å². The third kappa shape index (κ3) is 3.24. The third-order valence-electron chi connectivity index (χ3n) is 1.69. The molecule has 12 heavy (non-hydrogen) atoms. The summed E-state index contributed by atoms with van der Waals surface area (Å²) in [6.07, 6.45) is 5.07. The van der Waals surface area contributed by atoms with E-state index in [0.29, 0.717) is 0 Å². The van der Waals surface area contributed by atoms with Gasteiger partial charge < -0.3 is 5.32 Å². The number of benzene rings is 1. The maximum atomic E-state index is 3.20. The Morgan fingerprint density at radius 2 is 2.00 bits per heavy atom. The highest BCUT2D eigenvalue weighted by molar-refractivity contribution is 5.14. The van der Waals surface area contributed by atoms with E-state index in [9.17, 15) is 0 Å². The Labute approximate surface area is 74.1 Å². The fourth-order valence-electron chi connectivity index (χ4n) is 1.06. The van der Waals surface area contributed by atoms with E-state index >= 15 is 0 Å². The second-order valence-corrected chi connectivity index (χ2v) is 2.69. The monoisotopic (exact) mass is 161 g/mol. The molecule has 0 fully saturated rings. The summed E-state index contributed by atoms with van der Waals surface area (Å²) in [4.78, 5) is 0. The van der Waals surface area contributed by atoms with Gasteiger partial charge in [0.2, 0.25) is 0 Å². The minimum atomic E-state index is 1.01. The van der Waals surface area contributed by atoms with Crippen LogP contribution in [0.1, 0.15) is 12.5 Å². The molecule has 1 aromatic rings. The third-order valence-corrected chi connectivity index (χ3v) is 1.69. The van der Waals surface area contributed by atoms with Gasteiger partial charge >= 0.3 is 0 Å². The zero-order chi connectivity index (χ0) is 8.65. The van der Waals surface area contributed by atoms with E-state index in [4.69, 9.17) is 0 Å². The van der Waals surface area contributed by atoms with Crippen LogP contribution < -0.4 is 5.32 Å². The van der Waals surface area contributed by atoms with Gasteiger partial charge in [-0.3, -0.25) is 0 Å². The van der Waals surface area contributed by atoms with Gasteiger partial charge in [0.05, 0.1) is 0 Å². The molecule has 0 atom stereocenters. The van der Waals surface area contributed by atoms with Crippen LogP contribution in [0.4, 0.5) is 0 Å². The quantitative estimate of drug-likeness (QED) is 0.668. The van der Waals surface area contributed by atoms with Crippen molar-refractivity contribution in [1.29, 1.82) is 0 Å². The number of rotatable bonds is 4. The summed E-state index contributed by atoms with van der Waals surface area (Å²) in [5.41, 5.74) is 1.38. The Balaban J connectivity index is 2.24. The lowest BCUT2D eigenvalue weighted by Gasteiger charge is -2.00. The average molecular weight is 161 g/mol. The summed E-state index contributed by atoms with van der Waals surface area (Å²) >= 11 is 0. The molecule has 0 aromatic heterocycles. The fraction of sp³-hybridized carbons (Fsp3) is 0.273. The van der Waals surface area contributed by atoms with Gasteiger partial charge in [0.25, 0.3) is 0 Å². The first kappa shape index (κ1) is 8.85. The highest BCUT2D eigenvalue weighted by Gasteiger charge is 1.87. The van der Waals surface area contributed by atoms with Crippen molar-refractivity contribution in [3.8, 4) is 0 Å². The second-order valence-electron chi connectivity index (χ2n) is 2.69. The zero-order valence-electron chi connectivity index (χ0n) is 7.46. The largest absolute Gasteiger partial charge is 0.391 e. The molecule has 0 heterocycles. The molecular formula is C11H15N. The Morgan fingerprint density at radius 3 is 2.67 bits per heavy atom. The van der Waals surface area contributed by atoms with Crippen LogP contribution >= 0.6 is 0 Å². The van der Waals surface area contributed by atoms with Gasteiger partial charge in [-0.25, -0.2) is 0 Å². The predicted molar refractivity (Wildman–Crippen MR) is 53.0 cm³/mol. The maximum Gasteiger partial charge on any atom is 0.0181 e. The molecule has 1 rings (SSSR count). The minimum absolute atomic E-state index is 1.01. The summed E-state index contributed by atoms with van der Waals surface area (Å²) in [5.74, 6) is 0. The van der Waals surface area contributed by atoms with Crippen molar-refractivity contribution in [2.45, 2.75) is 13.3 Å². The topological polar surface area (TPSA) is 12.0 Å². The first-order chi connectivity index (χ1) is 5.93. The van der Waals surface area contributed by atoms with Crippen molar-refractivity contribution in [1.82, 2.24) is 5.32 Å². The number of hydrogen-bond donors (Lipinski definition) is 1. The number of hydrogen-bond acceptors (Lipinski definition) is 1. The molecule has 0 bridgehead atoms. The zero-order valence-corrected chi connectivity index (χ0v) is 7.46. The fourth-order valence-corrected chi connectivity index (χ4v) is 1.06. The van der Waals surface area contributed by atoms with Gasteiger partial charge in [0, 0.05) is 6.54 Å². The van der Waals surface area contributed by atoms with Gasteiger partial charge in [-0.05, 0) is 25.1 Å². The second kappa shape index (κ2) is 5.42. The summed E-state index contributed by atoms with van der Waals surface area (Å²) in [6.45, 7) is 3.02. The Kier molecular flexibility index (Phi) is 4.00. The molecule has 0 spiro atoms. The van der Waals surface area contributed by atoms with Crippen LogP contribution in [-0.2, 0) is 6.42 Å². The molecule has 0 aliphatic heterocycles. The number of nitrogens with one attached hydrogen (secondary N) is 1. The molecule has 0 amide bonds. The van der Waals surface area contributed by atoms with Gasteiger partial charge in [-0.1, -0.05) is 36.4 Å². The Morgan fingerprint density at radius 1 is 1.25 bits per heavy atom. The van der Waals surface area contributed by atoms with Crippen molar-refractivity contribution in [3.63, 3.8) is 0 Å². The number of allylic oxidation sites excluding steroid dienone is 1. The lowest BCUT2D eigenvalue weighted by Crippen LogP contribution is -2.09. The van der Waals surface area contributed by atoms with Crippen molar-refractivity contribution in [2.24, 2.45) is 0 Å². The van der Waals surface area contributed by atoms with E-state index < -0.39 is 0 Å². The van der Waals surface area contributed by atoms with Crippen molar-refractivity contribution >= 4 is 0 Å². The summed E-state index contributed by atoms with van der Waals surface area (Å²) in [7, 11) is 0. The van der Waals surface area contributed by atoms with E-state index in [0.717, 1.165) is 13.0 Å². The summed E-state index contributed by atoms with van der Waals surface area (Å²) in [6, 6.07) is 10.5. The van der Waals surface area contributed by atoms with Crippen molar-refractivity contribution in [2.75, 3.05) is 6.54 Å². The normalized spacial score (nSPS) is 10.4. The van der Waals surface area contributed by atoms with Crippen molar-refractivity contribution < 1.29 is 0 Å². The molecule has 64 valence electrons. The van der Waals surface area contributed by atoms with E-state index in [1.165, 1.54) is 5.56 Å². The molecule has 0 aliphatic carbocycles. The first-order valence-corrected chi connectivity index (χ1v) is 4.32. The smallest absolute Gasteiger partial charge is 0.0181 e. The highest BCUT2D eigenvalue weighted by atomic mass is 14.8. The lowest BCUT2D eigenvalue weighted by atomic mass is 10.1. The Hall–Kier alpha value is -1.24. The molecule has 1 N–H and O–H groups in total. The molecule has 0 radical (unpaired) electrons. The summed E-state index contributed by atoms with van der Waals surface area (Å²) < 4.78 is 0. The lowest BCUT2D eigenvalue weighted by molar-refractivity contribution is 0.831. The molecule has 1 nitrogen and oxygen atoms in total. The highest BCUT2D eigenvalue weighted by Crippen LogP contribution is 1.97. The van der Waals surface area contributed by atoms with Crippen LogP contribution in [0.25, 0.3) is 0 Å². The minimum Gasteiger partial charge on any atom is -0.391 e. The molecule has 0 saturated heterocycles. The van der Waals surface area contributed by atoms with Crippen LogP contribution in [-0.4, -0.2) is 6.54 Å². The van der Waals surface area contributed by atoms with E-state index in [1.54, 1.807) is 0 Å². The molecule has 0 saturated carbocycles. The first-order valence-electron chi connectivity index (χ1n) is 4.32. The van der Waals surface area contributed by atoms with Gasteiger partial charge in [-0.15, -0.1) is 0 Å². The Bertz CT molecular complexity index is 226. The standard InChI is InChI=1S/C11H15N/c1-2-9-12-10-8-11-6-4-3-5-7-11/h2-7,9,12H,8,10H2,1H3. The van der Waals surface area contributed by atoms with Gasteiger partial charge in [0.1, 0.15) is 0 Å². The molecule has 1 heteroatoms. The van der Waals surface area contributed by atoms with E-state index in [2.05, 4.69) is 29.6 Å². The summed E-state index contributed by atoms with van der Waals surface area (Å²) in [5, 5.41) is 3.20. The van der Waals surface area contributed by atoms with Crippen LogP contribution in [0, 0.1) is 0 Å². The van der Waals surface area contributed by atoms with Gasteiger partial charge in [0.15, 0.2) is 0 Å². The molecule has 1 aromatic carbocycles. The molecule has 0 aliphatic rings. The van der Waals surface area contributed by atoms with E-state index in [1.807, 2.05) is 25.3 Å². The average Bonchev–Trinajstić information content (AvgIpc) is 2.14. The van der Waals surface area contributed by atoms with Crippen molar-refractivity contribution in [3.05, 3.63) is 48.2 Å². The maximum absolute atomic E-state index is 3.20. The van der Waals surface area contributed by atoms with E-state index in [-0.39, 0.29) is 0 Å². The van der Waals surface area contributed by atoms with Crippen LogP contribution in [0.15, 0.2) is 42.6 Å². The SMILES string of the molecule is CC=CNCCc1ccccc1.